The molecule has 0 aliphatic heterocycles. The maximum absolute atomic E-state index is 11.7. The first-order valence-corrected chi connectivity index (χ1v) is 4.22. The Morgan fingerprint density at radius 1 is 1.62 bits per heavy atom. The number of esters is 1. The van der Waals surface area contributed by atoms with Crippen molar-refractivity contribution >= 4 is 5.97 Å². The molecule has 0 aromatic carbocycles. The molecule has 4 heteroatoms. The van der Waals surface area contributed by atoms with Gasteiger partial charge in [0.15, 0.2) is 6.61 Å². The number of carbonyl (C=O) groups excluding carboxylic acids is 1. The average molecular weight is 190 g/mol. The fraction of sp³-hybridized carbons (Fsp3) is 0.667. The average Bonchev–Trinajstić information content (AvgIpc) is 2.47. The van der Waals surface area contributed by atoms with E-state index in [-0.39, 0.29) is 5.92 Å². The highest BCUT2D eigenvalue weighted by molar-refractivity contribution is 5.75. The summed E-state index contributed by atoms with van der Waals surface area (Å²) < 4.78 is 27.7. The first-order chi connectivity index (χ1) is 6.09. The maximum Gasteiger partial charge on any atom is 0.313 e. The van der Waals surface area contributed by atoms with Gasteiger partial charge in [0.25, 0.3) is 6.43 Å². The second-order valence-corrected chi connectivity index (χ2v) is 3.23. The van der Waals surface area contributed by atoms with E-state index in [9.17, 15) is 13.6 Å². The molecular weight excluding hydrogens is 178 g/mol. The summed E-state index contributed by atoms with van der Waals surface area (Å²) in [5.41, 5.74) is 0. The molecule has 0 radical (unpaired) electrons. The van der Waals surface area contributed by atoms with Gasteiger partial charge in [-0.2, -0.15) is 0 Å². The summed E-state index contributed by atoms with van der Waals surface area (Å²) in [6.07, 6.45) is 1.71. The second kappa shape index (κ2) is 4.35. The third kappa shape index (κ3) is 3.13. The third-order valence-corrected chi connectivity index (χ3v) is 1.95. The predicted octanol–water partition coefficient (Wildman–Crippen LogP) is 2.01. The molecular formula is C9H12F2O2. The van der Waals surface area contributed by atoms with Gasteiger partial charge < -0.3 is 4.74 Å². The van der Waals surface area contributed by atoms with Crippen molar-refractivity contribution in [2.75, 3.05) is 6.61 Å². The molecule has 74 valence electrons. The molecule has 0 amide bonds. The standard InChI is InChI=1S/C9H12F2O2/c1-6-2-3-7(4-6)9(12)13-5-8(10)11/h2-3,6-8H,4-5H2,1H3/t6-,7+/m0/s1. The molecule has 1 rings (SSSR count). The monoisotopic (exact) mass is 190 g/mol. The molecule has 0 saturated carbocycles. The van der Waals surface area contributed by atoms with Crippen LogP contribution in [0.5, 0.6) is 0 Å². The topological polar surface area (TPSA) is 26.3 Å². The molecule has 2 atom stereocenters. The summed E-state index contributed by atoms with van der Waals surface area (Å²) in [6.45, 7) is 1.18. The molecule has 0 spiro atoms. The Hall–Kier alpha value is -0.930. The Bertz CT molecular complexity index is 214. The van der Waals surface area contributed by atoms with Gasteiger partial charge in [-0.05, 0) is 12.3 Å². The summed E-state index contributed by atoms with van der Waals surface area (Å²) in [5, 5.41) is 0. The lowest BCUT2D eigenvalue weighted by molar-refractivity contribution is -0.151. The molecule has 0 saturated heterocycles. The molecule has 0 unspecified atom stereocenters. The molecule has 13 heavy (non-hydrogen) atoms. The van der Waals surface area contributed by atoms with E-state index in [4.69, 9.17) is 0 Å². The zero-order valence-electron chi connectivity index (χ0n) is 7.37. The summed E-state index contributed by atoms with van der Waals surface area (Å²) >= 11 is 0. The summed E-state index contributed by atoms with van der Waals surface area (Å²) in [7, 11) is 0. The van der Waals surface area contributed by atoms with Gasteiger partial charge in [0.05, 0.1) is 5.92 Å². The second-order valence-electron chi connectivity index (χ2n) is 3.23. The van der Waals surface area contributed by atoms with Gasteiger partial charge in [0.2, 0.25) is 0 Å². The highest BCUT2D eigenvalue weighted by atomic mass is 19.3. The van der Waals surface area contributed by atoms with Crippen LogP contribution in [-0.2, 0) is 9.53 Å². The number of hydrogen-bond acceptors (Lipinski definition) is 2. The smallest absolute Gasteiger partial charge is 0.313 e. The Labute approximate surface area is 75.6 Å². The molecule has 0 aromatic heterocycles. The maximum atomic E-state index is 11.7. The van der Waals surface area contributed by atoms with Crippen LogP contribution in [0, 0.1) is 11.8 Å². The first-order valence-electron chi connectivity index (χ1n) is 4.22. The van der Waals surface area contributed by atoms with Gasteiger partial charge in [0, 0.05) is 0 Å². The lowest BCUT2D eigenvalue weighted by atomic mass is 10.1. The van der Waals surface area contributed by atoms with Gasteiger partial charge in [-0.25, -0.2) is 8.78 Å². The van der Waals surface area contributed by atoms with Gasteiger partial charge in [-0.3, -0.25) is 4.79 Å². The van der Waals surface area contributed by atoms with E-state index >= 15 is 0 Å². The van der Waals surface area contributed by atoms with Crippen LogP contribution >= 0.6 is 0 Å². The van der Waals surface area contributed by atoms with Crippen LogP contribution in [0.3, 0.4) is 0 Å². The number of carbonyl (C=O) groups is 1. The SMILES string of the molecule is C[C@H]1C=C[C@@H](C(=O)OCC(F)F)C1. The largest absolute Gasteiger partial charge is 0.459 e. The zero-order chi connectivity index (χ0) is 9.84. The molecule has 0 N–H and O–H groups in total. The van der Waals surface area contributed by atoms with E-state index < -0.39 is 19.0 Å². The number of halogens is 2. The van der Waals surface area contributed by atoms with Crippen molar-refractivity contribution in [3.8, 4) is 0 Å². The van der Waals surface area contributed by atoms with Crippen molar-refractivity contribution in [3.63, 3.8) is 0 Å². The van der Waals surface area contributed by atoms with Crippen molar-refractivity contribution in [2.45, 2.75) is 19.8 Å². The Kier molecular flexibility index (Phi) is 3.39. The normalized spacial score (nSPS) is 26.8. The lowest BCUT2D eigenvalue weighted by Gasteiger charge is -2.08. The van der Waals surface area contributed by atoms with E-state index in [0.29, 0.717) is 12.3 Å². The molecule has 0 aromatic rings. The number of allylic oxidation sites excluding steroid dienone is 1. The van der Waals surface area contributed by atoms with Gasteiger partial charge >= 0.3 is 5.97 Å². The quantitative estimate of drug-likeness (QED) is 0.502. The van der Waals surface area contributed by atoms with Crippen molar-refractivity contribution in [3.05, 3.63) is 12.2 Å². The third-order valence-electron chi connectivity index (χ3n) is 1.95. The predicted molar refractivity (Wildman–Crippen MR) is 43.4 cm³/mol. The fourth-order valence-electron chi connectivity index (χ4n) is 1.31. The van der Waals surface area contributed by atoms with Crippen molar-refractivity contribution in [2.24, 2.45) is 11.8 Å². The zero-order valence-corrected chi connectivity index (χ0v) is 7.37. The number of hydrogen-bond donors (Lipinski definition) is 0. The van der Waals surface area contributed by atoms with Crippen LogP contribution in [0.25, 0.3) is 0 Å². The minimum Gasteiger partial charge on any atom is -0.459 e. The fourth-order valence-corrected chi connectivity index (χ4v) is 1.31. The molecule has 1 aliphatic rings. The minimum absolute atomic E-state index is 0.325. The molecule has 0 bridgehead atoms. The van der Waals surface area contributed by atoms with E-state index in [1.54, 1.807) is 6.08 Å². The van der Waals surface area contributed by atoms with Crippen LogP contribution in [0.15, 0.2) is 12.2 Å². The van der Waals surface area contributed by atoms with Crippen molar-refractivity contribution in [1.29, 1.82) is 0 Å². The van der Waals surface area contributed by atoms with Gasteiger partial charge in [-0.15, -0.1) is 0 Å². The van der Waals surface area contributed by atoms with E-state index in [2.05, 4.69) is 4.74 Å². The van der Waals surface area contributed by atoms with Crippen LogP contribution in [-0.4, -0.2) is 19.0 Å². The Balaban J connectivity index is 2.29. The van der Waals surface area contributed by atoms with Crippen LogP contribution in [0.2, 0.25) is 0 Å². The summed E-state index contributed by atoms with van der Waals surface area (Å²) in [6, 6.07) is 0. The highest BCUT2D eigenvalue weighted by Crippen LogP contribution is 2.23. The van der Waals surface area contributed by atoms with E-state index in [1.807, 2.05) is 13.0 Å². The summed E-state index contributed by atoms with van der Waals surface area (Å²) in [4.78, 5) is 11.1. The highest BCUT2D eigenvalue weighted by Gasteiger charge is 2.24. The van der Waals surface area contributed by atoms with Crippen molar-refractivity contribution in [1.82, 2.24) is 0 Å². The Morgan fingerprint density at radius 3 is 2.77 bits per heavy atom. The Morgan fingerprint density at radius 2 is 2.31 bits per heavy atom. The van der Waals surface area contributed by atoms with Crippen LogP contribution in [0.1, 0.15) is 13.3 Å². The minimum atomic E-state index is -2.58. The van der Waals surface area contributed by atoms with E-state index in [0.717, 1.165) is 0 Å². The van der Waals surface area contributed by atoms with Crippen molar-refractivity contribution < 1.29 is 18.3 Å². The molecule has 2 nitrogen and oxygen atoms in total. The number of alkyl halides is 2. The molecule has 0 heterocycles. The van der Waals surface area contributed by atoms with Gasteiger partial charge in [-0.1, -0.05) is 19.1 Å². The van der Waals surface area contributed by atoms with Crippen LogP contribution in [0.4, 0.5) is 8.78 Å². The van der Waals surface area contributed by atoms with E-state index in [1.165, 1.54) is 0 Å². The number of rotatable bonds is 3. The summed E-state index contributed by atoms with van der Waals surface area (Å²) in [5.74, 6) is -0.529. The van der Waals surface area contributed by atoms with Crippen LogP contribution < -0.4 is 0 Å². The van der Waals surface area contributed by atoms with Gasteiger partial charge in [0.1, 0.15) is 0 Å². The first kappa shape index (κ1) is 10.2. The molecule has 0 fully saturated rings. The molecule has 1 aliphatic carbocycles. The number of ether oxygens (including phenoxy) is 1. The lowest BCUT2D eigenvalue weighted by Crippen LogP contribution is -2.18.